The molecule has 136 valence electrons. The molecule has 2 aromatic rings. The van der Waals surface area contributed by atoms with Crippen molar-refractivity contribution in [2.75, 3.05) is 19.7 Å². The third-order valence-electron chi connectivity index (χ3n) is 4.80. The van der Waals surface area contributed by atoms with Crippen LogP contribution in [-0.4, -0.2) is 49.4 Å². The van der Waals surface area contributed by atoms with Crippen LogP contribution in [0.3, 0.4) is 0 Å². The van der Waals surface area contributed by atoms with Crippen LogP contribution in [0.4, 0.5) is 0 Å². The van der Waals surface area contributed by atoms with E-state index in [4.69, 9.17) is 4.74 Å². The Morgan fingerprint density at radius 1 is 1.27 bits per heavy atom. The summed E-state index contributed by atoms with van der Waals surface area (Å²) in [5, 5.41) is 0. The molecule has 0 saturated carbocycles. The molecule has 0 bridgehead atoms. The highest BCUT2D eigenvalue weighted by atomic mass is 32.2. The van der Waals surface area contributed by atoms with Crippen LogP contribution in [0, 0.1) is 0 Å². The fourth-order valence-corrected chi connectivity index (χ4v) is 4.94. The third-order valence-corrected chi connectivity index (χ3v) is 6.38. The fourth-order valence-electron chi connectivity index (χ4n) is 3.44. The van der Waals surface area contributed by atoms with Crippen LogP contribution in [0.1, 0.15) is 12.0 Å². The number of pyridine rings is 1. The van der Waals surface area contributed by atoms with Crippen molar-refractivity contribution < 1.29 is 17.9 Å². The van der Waals surface area contributed by atoms with Gasteiger partial charge in [-0.3, -0.25) is 9.78 Å². The zero-order valence-electron chi connectivity index (χ0n) is 14.1. The first-order valence-electron chi connectivity index (χ1n) is 8.40. The second-order valence-electron chi connectivity index (χ2n) is 6.72. The lowest BCUT2D eigenvalue weighted by Gasteiger charge is -2.27. The lowest BCUT2D eigenvalue weighted by Crippen LogP contribution is -2.53. The number of amides is 1. The number of fused-ring (bicyclic) bond motifs is 1. The highest BCUT2D eigenvalue weighted by Gasteiger charge is 2.46. The van der Waals surface area contributed by atoms with Crippen molar-refractivity contribution in [2.45, 2.75) is 23.3 Å². The first kappa shape index (κ1) is 17.0. The lowest BCUT2D eigenvalue weighted by atomic mass is 10.0. The number of nitrogens with one attached hydrogen (secondary N) is 1. The van der Waals surface area contributed by atoms with E-state index in [2.05, 4.69) is 9.71 Å². The summed E-state index contributed by atoms with van der Waals surface area (Å²) in [6.45, 7) is 0.962. The van der Waals surface area contributed by atoms with E-state index in [-0.39, 0.29) is 17.4 Å². The molecule has 26 heavy (non-hydrogen) atoms. The van der Waals surface area contributed by atoms with E-state index >= 15 is 0 Å². The van der Waals surface area contributed by atoms with E-state index < -0.39 is 15.6 Å². The Kier molecular flexibility index (Phi) is 4.16. The van der Waals surface area contributed by atoms with Crippen molar-refractivity contribution in [1.29, 1.82) is 0 Å². The first-order valence-corrected chi connectivity index (χ1v) is 9.88. The minimum absolute atomic E-state index is 0.0179. The van der Waals surface area contributed by atoms with Gasteiger partial charge in [-0.05, 0) is 18.1 Å². The minimum atomic E-state index is -3.75. The molecule has 0 aliphatic carbocycles. The van der Waals surface area contributed by atoms with E-state index in [0.717, 1.165) is 5.56 Å². The molecule has 1 amide bonds. The zero-order chi connectivity index (χ0) is 18.2. The average Bonchev–Trinajstić information content (AvgIpc) is 3.00. The largest absolute Gasteiger partial charge is 0.490 e. The van der Waals surface area contributed by atoms with Gasteiger partial charge in [-0.25, -0.2) is 8.42 Å². The van der Waals surface area contributed by atoms with Crippen molar-refractivity contribution in [3.05, 3.63) is 54.4 Å². The Hall–Kier alpha value is -2.45. The van der Waals surface area contributed by atoms with Crippen LogP contribution in [0.2, 0.25) is 0 Å². The summed E-state index contributed by atoms with van der Waals surface area (Å²) in [6.07, 6.45) is 3.59. The maximum Gasteiger partial charge on any atom is 0.246 e. The molecule has 2 aliphatic rings. The van der Waals surface area contributed by atoms with Crippen molar-refractivity contribution in [3.63, 3.8) is 0 Å². The number of carbonyl (C=O) groups excluding carboxylic acids is 1. The summed E-state index contributed by atoms with van der Waals surface area (Å²) < 4.78 is 33.9. The summed E-state index contributed by atoms with van der Waals surface area (Å²) in [6, 6.07) is 11.1. The van der Waals surface area contributed by atoms with Crippen LogP contribution in [-0.2, 0) is 21.2 Å². The molecule has 1 spiro atoms. The molecule has 1 N–H and O–H groups in total. The van der Waals surface area contributed by atoms with Crippen LogP contribution < -0.4 is 9.46 Å². The molecule has 4 rings (SSSR count). The van der Waals surface area contributed by atoms with E-state index in [1.165, 1.54) is 12.4 Å². The molecule has 1 saturated heterocycles. The maximum absolute atomic E-state index is 12.7. The predicted molar refractivity (Wildman–Crippen MR) is 94.1 cm³/mol. The van der Waals surface area contributed by atoms with Crippen molar-refractivity contribution in [3.8, 4) is 5.75 Å². The maximum atomic E-state index is 12.7. The Balaban J connectivity index is 1.52. The van der Waals surface area contributed by atoms with Gasteiger partial charge in [-0.1, -0.05) is 30.3 Å². The summed E-state index contributed by atoms with van der Waals surface area (Å²) in [4.78, 5) is 18.2. The zero-order valence-corrected chi connectivity index (χ0v) is 14.9. The molecule has 1 aromatic heterocycles. The van der Waals surface area contributed by atoms with Gasteiger partial charge in [0.05, 0.1) is 18.2 Å². The van der Waals surface area contributed by atoms with Gasteiger partial charge >= 0.3 is 0 Å². The third kappa shape index (κ3) is 3.17. The SMILES string of the molecule is O=C(Cc1ccccc1)N1CCC2(COc3ccncc3S(=O)(=O)N2)C1. The predicted octanol–water partition coefficient (Wildman–Crippen LogP) is 0.966. The van der Waals surface area contributed by atoms with Crippen LogP contribution in [0.15, 0.2) is 53.7 Å². The Labute approximate surface area is 152 Å². The summed E-state index contributed by atoms with van der Waals surface area (Å²) in [5.74, 6) is 0.272. The monoisotopic (exact) mass is 373 g/mol. The van der Waals surface area contributed by atoms with Gasteiger partial charge in [0.1, 0.15) is 17.3 Å². The number of likely N-dealkylation sites (tertiary alicyclic amines) is 1. The molecule has 1 aromatic carbocycles. The van der Waals surface area contributed by atoms with Gasteiger partial charge in [0, 0.05) is 19.3 Å². The second kappa shape index (κ2) is 6.37. The molecular formula is C18H19N3O4S. The number of rotatable bonds is 2. The van der Waals surface area contributed by atoms with Crippen molar-refractivity contribution in [2.24, 2.45) is 0 Å². The van der Waals surface area contributed by atoms with Crippen LogP contribution in [0.25, 0.3) is 0 Å². The van der Waals surface area contributed by atoms with Gasteiger partial charge < -0.3 is 9.64 Å². The van der Waals surface area contributed by atoms with Gasteiger partial charge in [0.25, 0.3) is 0 Å². The molecule has 2 aliphatic heterocycles. The van der Waals surface area contributed by atoms with Crippen LogP contribution in [0.5, 0.6) is 5.75 Å². The number of benzene rings is 1. The van der Waals surface area contributed by atoms with E-state index in [9.17, 15) is 13.2 Å². The number of aromatic nitrogens is 1. The molecule has 7 nitrogen and oxygen atoms in total. The number of sulfonamides is 1. The van der Waals surface area contributed by atoms with Crippen molar-refractivity contribution >= 4 is 15.9 Å². The minimum Gasteiger partial charge on any atom is -0.490 e. The highest BCUT2D eigenvalue weighted by molar-refractivity contribution is 7.89. The summed E-state index contributed by atoms with van der Waals surface area (Å²) in [5.41, 5.74) is 0.124. The van der Waals surface area contributed by atoms with Gasteiger partial charge in [-0.2, -0.15) is 4.72 Å². The Morgan fingerprint density at radius 3 is 2.88 bits per heavy atom. The number of hydrogen-bond donors (Lipinski definition) is 1. The topological polar surface area (TPSA) is 88.6 Å². The number of carbonyl (C=O) groups is 1. The smallest absolute Gasteiger partial charge is 0.246 e. The Morgan fingerprint density at radius 2 is 2.08 bits per heavy atom. The van der Waals surface area contributed by atoms with Crippen LogP contribution >= 0.6 is 0 Å². The number of nitrogens with zero attached hydrogens (tertiary/aromatic N) is 2. The molecular weight excluding hydrogens is 354 g/mol. The molecule has 1 fully saturated rings. The van der Waals surface area contributed by atoms with E-state index in [0.29, 0.717) is 31.7 Å². The summed E-state index contributed by atoms with van der Waals surface area (Å²) >= 11 is 0. The Bertz CT molecular complexity index is 932. The number of hydrogen-bond acceptors (Lipinski definition) is 5. The molecule has 1 atom stereocenters. The quantitative estimate of drug-likeness (QED) is 0.847. The fraction of sp³-hybridized carbons (Fsp3) is 0.333. The van der Waals surface area contributed by atoms with E-state index in [1.54, 1.807) is 11.0 Å². The van der Waals surface area contributed by atoms with Gasteiger partial charge in [0.2, 0.25) is 15.9 Å². The molecule has 1 unspecified atom stereocenters. The lowest BCUT2D eigenvalue weighted by molar-refractivity contribution is -0.129. The summed E-state index contributed by atoms with van der Waals surface area (Å²) in [7, 11) is -3.75. The second-order valence-corrected chi connectivity index (χ2v) is 8.38. The number of ether oxygens (including phenoxy) is 1. The normalized spacial score (nSPS) is 23.9. The van der Waals surface area contributed by atoms with Gasteiger partial charge in [-0.15, -0.1) is 0 Å². The standard InChI is InChI=1S/C18H19N3O4S/c22-17(10-14-4-2-1-3-5-14)21-9-7-18(12-21)13-25-15-6-8-19-11-16(15)26(23,24)20-18/h1-6,8,11,20H,7,9-10,12-13H2. The first-order chi connectivity index (χ1) is 12.5. The van der Waals surface area contributed by atoms with E-state index in [1.807, 2.05) is 30.3 Å². The molecule has 8 heteroatoms. The molecule has 0 radical (unpaired) electrons. The molecule has 3 heterocycles. The highest BCUT2D eigenvalue weighted by Crippen LogP contribution is 2.32. The van der Waals surface area contributed by atoms with Crippen molar-refractivity contribution in [1.82, 2.24) is 14.6 Å². The van der Waals surface area contributed by atoms with Gasteiger partial charge in [0.15, 0.2) is 0 Å². The average molecular weight is 373 g/mol.